The Morgan fingerprint density at radius 2 is 1.34 bits per heavy atom. The van der Waals surface area contributed by atoms with E-state index >= 15 is 0 Å². The number of azide groups is 1. The number of ether oxygens (including phenoxy) is 5. The summed E-state index contributed by atoms with van der Waals surface area (Å²) < 4.78 is 25.6. The highest BCUT2D eigenvalue weighted by Crippen LogP contribution is 2.38. The van der Waals surface area contributed by atoms with Crippen molar-refractivity contribution in [2.75, 3.05) is 6.61 Å². The highest BCUT2D eigenvalue weighted by atomic mass is 16.7. The second-order valence-corrected chi connectivity index (χ2v) is 5.67. The molecule has 1 fully saturated rings. The first-order chi connectivity index (χ1) is 13.6. The quantitative estimate of drug-likeness (QED) is 0.191. The van der Waals surface area contributed by atoms with Gasteiger partial charge in [0.2, 0.25) is 0 Å². The fraction of sp³-hybridized carbons (Fsp3) is 0.714. The van der Waals surface area contributed by atoms with E-state index in [4.69, 9.17) is 34.7 Å². The van der Waals surface area contributed by atoms with Gasteiger partial charge in [0, 0.05) is 37.5 Å². The molecule has 4 atom stereocenters. The van der Waals surface area contributed by atoms with E-state index in [0.29, 0.717) is 0 Å². The summed E-state index contributed by atoms with van der Waals surface area (Å²) in [5.41, 5.74) is 17.8. The summed E-state index contributed by atoms with van der Waals surface area (Å²) >= 11 is 0. The molecule has 15 heteroatoms. The molecule has 0 aliphatic carbocycles. The molecule has 0 bridgehead atoms. The highest BCUT2D eigenvalue weighted by molar-refractivity contribution is 5.68. The number of rotatable bonds is 7. The van der Waals surface area contributed by atoms with Crippen LogP contribution in [0.3, 0.4) is 0 Å². The van der Waals surface area contributed by atoms with Crippen LogP contribution in [-0.2, 0) is 42.9 Å². The molecule has 158 valence electrons. The molecular formula is C14H18N6O9. The molecule has 0 amide bonds. The molecule has 0 N–H and O–H groups in total. The number of hydrogen-bond acceptors (Lipinski definition) is 11. The lowest BCUT2D eigenvalue weighted by atomic mass is 9.94. The van der Waals surface area contributed by atoms with Crippen LogP contribution in [0.5, 0.6) is 0 Å². The lowest BCUT2D eigenvalue weighted by Gasteiger charge is -2.47. The van der Waals surface area contributed by atoms with Crippen molar-refractivity contribution in [2.45, 2.75) is 58.0 Å². The summed E-state index contributed by atoms with van der Waals surface area (Å²) in [5.74, 6) is -5.99. The Bertz CT molecular complexity index is 756. The third-order valence-corrected chi connectivity index (χ3v) is 3.41. The molecule has 1 saturated heterocycles. The maximum atomic E-state index is 11.6. The molecule has 0 radical (unpaired) electrons. The van der Waals surface area contributed by atoms with Crippen molar-refractivity contribution in [2.24, 2.45) is 10.2 Å². The smallest absolute Gasteiger partial charge is 0.303 e. The molecular weight excluding hydrogens is 396 g/mol. The van der Waals surface area contributed by atoms with Crippen molar-refractivity contribution < 1.29 is 42.9 Å². The van der Waals surface area contributed by atoms with Crippen molar-refractivity contribution in [1.29, 1.82) is 0 Å². The van der Waals surface area contributed by atoms with Gasteiger partial charge in [-0.1, -0.05) is 0 Å². The first-order valence-electron chi connectivity index (χ1n) is 8.01. The van der Waals surface area contributed by atoms with Crippen LogP contribution in [0.2, 0.25) is 0 Å². The average molecular weight is 414 g/mol. The van der Waals surface area contributed by atoms with Crippen LogP contribution in [0.4, 0.5) is 0 Å². The van der Waals surface area contributed by atoms with Crippen molar-refractivity contribution in [3.63, 3.8) is 0 Å². The average Bonchev–Trinajstić information content (AvgIpc) is 2.58. The zero-order chi connectivity index (χ0) is 22.2. The molecule has 0 unspecified atom stereocenters. The second kappa shape index (κ2) is 10.1. The summed E-state index contributed by atoms with van der Waals surface area (Å²) in [6, 6.07) is 0. The second-order valence-electron chi connectivity index (χ2n) is 5.67. The van der Waals surface area contributed by atoms with Gasteiger partial charge in [-0.3, -0.25) is 19.2 Å². The monoisotopic (exact) mass is 414 g/mol. The van der Waals surface area contributed by atoms with Gasteiger partial charge in [0.25, 0.3) is 5.85 Å². The van der Waals surface area contributed by atoms with Gasteiger partial charge < -0.3 is 23.7 Å². The first-order valence-corrected chi connectivity index (χ1v) is 8.01. The van der Waals surface area contributed by atoms with Crippen LogP contribution < -0.4 is 0 Å². The number of esters is 4. The van der Waals surface area contributed by atoms with E-state index in [1.807, 2.05) is 0 Å². The summed E-state index contributed by atoms with van der Waals surface area (Å²) in [7, 11) is 0. The van der Waals surface area contributed by atoms with Gasteiger partial charge in [0.15, 0.2) is 18.3 Å². The molecule has 15 nitrogen and oxygen atoms in total. The minimum atomic E-state index is -2.57. The third kappa shape index (κ3) is 6.24. The van der Waals surface area contributed by atoms with Crippen molar-refractivity contribution in [3.8, 4) is 0 Å². The van der Waals surface area contributed by atoms with Gasteiger partial charge >= 0.3 is 23.9 Å². The molecule has 1 rings (SSSR count). The Balaban J connectivity index is 3.63. The molecule has 1 aliphatic rings. The molecule has 0 spiro atoms. The van der Waals surface area contributed by atoms with E-state index in [1.165, 1.54) is 0 Å². The normalized spacial score (nSPS) is 28.0. The van der Waals surface area contributed by atoms with Crippen LogP contribution in [-0.4, -0.2) is 60.7 Å². The maximum Gasteiger partial charge on any atom is 0.303 e. The lowest BCUT2D eigenvalue weighted by molar-refractivity contribution is -0.282. The van der Waals surface area contributed by atoms with Gasteiger partial charge in [-0.2, -0.15) is 0 Å². The van der Waals surface area contributed by atoms with Gasteiger partial charge in [0.1, 0.15) is 12.7 Å². The Hall–Kier alpha value is -3.54. The first kappa shape index (κ1) is 23.5. The third-order valence-electron chi connectivity index (χ3n) is 3.41. The van der Waals surface area contributed by atoms with E-state index in [9.17, 15) is 19.2 Å². The Kier molecular flexibility index (Phi) is 8.21. The molecule has 0 aromatic carbocycles. The van der Waals surface area contributed by atoms with Crippen LogP contribution in [0.1, 0.15) is 27.7 Å². The van der Waals surface area contributed by atoms with Crippen LogP contribution in [0, 0.1) is 0 Å². The lowest BCUT2D eigenvalue weighted by Crippen LogP contribution is -2.66. The fourth-order valence-electron chi connectivity index (χ4n) is 2.57. The Morgan fingerprint density at radius 1 is 0.862 bits per heavy atom. The minimum Gasteiger partial charge on any atom is -0.463 e. The maximum absolute atomic E-state index is 11.6. The number of carbonyl (C=O) groups excluding carboxylic acids is 4. The van der Waals surface area contributed by atoms with Crippen molar-refractivity contribution in [1.82, 2.24) is 0 Å². The van der Waals surface area contributed by atoms with Crippen LogP contribution in [0.15, 0.2) is 10.2 Å². The van der Waals surface area contributed by atoms with E-state index in [1.54, 1.807) is 0 Å². The molecule has 1 heterocycles. The number of nitrogens with zero attached hydrogens (tertiary/aromatic N) is 6. The van der Waals surface area contributed by atoms with Crippen molar-refractivity contribution >= 4 is 23.9 Å². The molecule has 0 aromatic heterocycles. The zero-order valence-electron chi connectivity index (χ0n) is 15.9. The molecule has 29 heavy (non-hydrogen) atoms. The van der Waals surface area contributed by atoms with Crippen LogP contribution >= 0.6 is 0 Å². The summed E-state index contributed by atoms with van der Waals surface area (Å²) in [6.45, 7) is 3.55. The SMILES string of the molecule is CC(=O)OC[C@H]1OC(N=[N+]=[N-])(N=[N+]=[N-])[C@H](OC(C)=O)[C@@H](OC(C)=O)[C@H]1OC(C)=O. The number of carbonyl (C=O) groups is 4. The number of hydrogen-bond donors (Lipinski definition) is 0. The summed E-state index contributed by atoms with van der Waals surface area (Å²) in [5, 5.41) is 6.55. The van der Waals surface area contributed by atoms with E-state index in [0.717, 1.165) is 27.7 Å². The van der Waals surface area contributed by atoms with Gasteiger partial charge in [-0.25, -0.2) is 0 Å². The minimum absolute atomic E-state index is 0.568. The van der Waals surface area contributed by atoms with E-state index < -0.39 is 60.7 Å². The largest absolute Gasteiger partial charge is 0.463 e. The van der Waals surface area contributed by atoms with E-state index in [2.05, 4.69) is 20.1 Å². The van der Waals surface area contributed by atoms with Gasteiger partial charge in [-0.15, -0.1) is 0 Å². The summed E-state index contributed by atoms with van der Waals surface area (Å²) in [6.07, 6.45) is -6.36. The molecule has 0 aromatic rings. The fourth-order valence-corrected chi connectivity index (χ4v) is 2.57. The standard InChI is InChI=1S/C14H18N6O9/c1-6(21)25-5-10-11(26-7(2)22)12(27-8(3)23)13(28-9(4)24)14(29-10,17-19-15)18-20-16/h10-13H,5H2,1-4H3/t10-,11+,12+,13-/m1/s1. The zero-order valence-corrected chi connectivity index (χ0v) is 15.9. The van der Waals surface area contributed by atoms with Gasteiger partial charge in [-0.05, 0) is 21.3 Å². The topological polar surface area (TPSA) is 212 Å². The van der Waals surface area contributed by atoms with Crippen molar-refractivity contribution in [3.05, 3.63) is 20.9 Å². The van der Waals surface area contributed by atoms with Gasteiger partial charge in [0.05, 0.1) is 0 Å². The molecule has 0 saturated carbocycles. The highest BCUT2D eigenvalue weighted by Gasteiger charge is 2.60. The van der Waals surface area contributed by atoms with Crippen LogP contribution in [0.25, 0.3) is 20.9 Å². The molecule has 1 aliphatic heterocycles. The summed E-state index contributed by atoms with van der Waals surface area (Å²) in [4.78, 5) is 51.1. The Labute approximate surface area is 163 Å². The predicted molar refractivity (Wildman–Crippen MR) is 89.2 cm³/mol. The van der Waals surface area contributed by atoms with E-state index in [-0.39, 0.29) is 0 Å². The predicted octanol–water partition coefficient (Wildman–Crippen LogP) is 1.02. The Morgan fingerprint density at radius 3 is 1.76 bits per heavy atom.